The first-order valence-corrected chi connectivity index (χ1v) is 4.95. The molecule has 4 N–H and O–H groups in total. The van der Waals surface area contributed by atoms with Crippen molar-refractivity contribution in [2.45, 2.75) is 18.1 Å². The van der Waals surface area contributed by atoms with Crippen molar-refractivity contribution in [2.24, 2.45) is 5.73 Å². The summed E-state index contributed by atoms with van der Waals surface area (Å²) in [4.78, 5) is 0. The summed E-state index contributed by atoms with van der Waals surface area (Å²) in [5.41, 5.74) is 8.93. The highest BCUT2D eigenvalue weighted by atomic mass is 32.1. The number of nitrogens with one attached hydrogen (secondary N) is 2. The molecule has 5 nitrogen and oxygen atoms in total. The van der Waals surface area contributed by atoms with Gasteiger partial charge in [-0.25, -0.2) is 5.01 Å². The van der Waals surface area contributed by atoms with Crippen molar-refractivity contribution < 1.29 is 4.74 Å². The van der Waals surface area contributed by atoms with E-state index in [1.807, 2.05) is 11.9 Å². The average Bonchev–Trinajstić information content (AvgIpc) is 2.13. The number of nitrogens with zero attached hydrogens (tertiary/aromatic N) is 1. The Balaban J connectivity index is 2.68. The van der Waals surface area contributed by atoms with Crippen LogP contribution in [-0.4, -0.2) is 43.0 Å². The van der Waals surface area contributed by atoms with Crippen LogP contribution in [0.25, 0.3) is 0 Å². The Kier molecular flexibility index (Phi) is 3.96. The van der Waals surface area contributed by atoms with Crippen LogP contribution < -0.4 is 16.5 Å². The van der Waals surface area contributed by atoms with Gasteiger partial charge in [-0.2, -0.15) is 0 Å². The van der Waals surface area contributed by atoms with Crippen LogP contribution in [0.4, 0.5) is 0 Å². The number of ether oxygens (including phenoxy) is 1. The highest BCUT2D eigenvalue weighted by molar-refractivity contribution is 7.80. The molecule has 1 rings (SSSR count). The molecule has 0 aromatic heterocycles. The van der Waals surface area contributed by atoms with Gasteiger partial charge in [0.15, 0.2) is 5.79 Å². The number of hydrazine groups is 1. The third kappa shape index (κ3) is 2.15. The summed E-state index contributed by atoms with van der Waals surface area (Å²) in [7, 11) is 1.79. The number of nitrogens with two attached hydrogens (primary N) is 1. The number of morpholine rings is 1. The number of hydrogen-bond acceptors (Lipinski definition) is 6. The van der Waals surface area contributed by atoms with Gasteiger partial charge in [0.25, 0.3) is 0 Å². The van der Waals surface area contributed by atoms with Gasteiger partial charge in [0, 0.05) is 13.1 Å². The predicted molar refractivity (Wildman–Crippen MR) is 55.1 cm³/mol. The normalized spacial score (nSPS) is 36.5. The van der Waals surface area contributed by atoms with Gasteiger partial charge in [0.1, 0.15) is 5.44 Å². The van der Waals surface area contributed by atoms with Crippen molar-refractivity contribution in [2.75, 3.05) is 26.7 Å². The average molecular weight is 206 g/mol. The largest absolute Gasteiger partial charge is 0.362 e. The second-order valence-corrected chi connectivity index (χ2v) is 3.43. The maximum Gasteiger partial charge on any atom is 0.172 e. The molecule has 1 aliphatic rings. The number of hydrogen-bond donors (Lipinski definition) is 4. The molecule has 0 saturated carbocycles. The van der Waals surface area contributed by atoms with Crippen molar-refractivity contribution in [3.63, 3.8) is 0 Å². The monoisotopic (exact) mass is 206 g/mol. The molecule has 0 bridgehead atoms. The van der Waals surface area contributed by atoms with Gasteiger partial charge in [-0.05, 0) is 7.05 Å². The van der Waals surface area contributed by atoms with Crippen LogP contribution in [-0.2, 0) is 4.74 Å². The first-order valence-electron chi connectivity index (χ1n) is 4.43. The lowest BCUT2D eigenvalue weighted by Gasteiger charge is -2.46. The number of rotatable bonds is 3. The highest BCUT2D eigenvalue weighted by Gasteiger charge is 2.41. The fraction of sp³-hybridized carbons (Fsp3) is 1.00. The third-order valence-electron chi connectivity index (χ3n) is 2.16. The Hall–Kier alpha value is 0.150. The molecule has 6 heteroatoms. The Morgan fingerprint density at radius 2 is 2.46 bits per heavy atom. The van der Waals surface area contributed by atoms with Crippen LogP contribution >= 0.6 is 12.6 Å². The zero-order valence-electron chi connectivity index (χ0n) is 8.08. The molecule has 0 amide bonds. The lowest BCUT2D eigenvalue weighted by molar-refractivity contribution is -0.120. The summed E-state index contributed by atoms with van der Waals surface area (Å²) in [6.45, 7) is 4.25. The van der Waals surface area contributed by atoms with E-state index in [2.05, 4.69) is 23.4 Å². The van der Waals surface area contributed by atoms with Crippen LogP contribution in [0.5, 0.6) is 0 Å². The van der Waals surface area contributed by atoms with Gasteiger partial charge >= 0.3 is 0 Å². The van der Waals surface area contributed by atoms with Gasteiger partial charge in [0.05, 0.1) is 6.61 Å². The molecule has 1 aliphatic heterocycles. The SMILES string of the molecule is CCNN1CCOC(S)C1(N)NC. The van der Waals surface area contributed by atoms with E-state index in [4.69, 9.17) is 10.5 Å². The van der Waals surface area contributed by atoms with Crippen molar-refractivity contribution in [3.8, 4) is 0 Å². The molecule has 0 aromatic carbocycles. The van der Waals surface area contributed by atoms with Crippen molar-refractivity contribution in [3.05, 3.63) is 0 Å². The predicted octanol–water partition coefficient (Wildman–Crippen LogP) is -1.07. The van der Waals surface area contributed by atoms with E-state index in [9.17, 15) is 0 Å². The Labute approximate surface area is 84.4 Å². The molecule has 0 aliphatic carbocycles. The van der Waals surface area contributed by atoms with Crippen molar-refractivity contribution >= 4 is 12.6 Å². The standard InChI is InChI=1S/C7H18N4OS/c1-3-10-11-4-5-12-6(13)7(11,8)9-2/h6,9-10,13H,3-5,8H2,1-2H3. The molecule has 78 valence electrons. The summed E-state index contributed by atoms with van der Waals surface area (Å²) in [6, 6.07) is 0. The molecule has 1 heterocycles. The van der Waals surface area contributed by atoms with E-state index in [-0.39, 0.29) is 5.44 Å². The maximum atomic E-state index is 6.08. The topological polar surface area (TPSA) is 62.5 Å². The lowest BCUT2D eigenvalue weighted by Crippen LogP contribution is -2.76. The van der Waals surface area contributed by atoms with Crippen molar-refractivity contribution in [1.82, 2.24) is 15.8 Å². The Morgan fingerprint density at radius 1 is 1.77 bits per heavy atom. The van der Waals surface area contributed by atoms with E-state index in [0.29, 0.717) is 6.61 Å². The second kappa shape index (κ2) is 4.59. The summed E-state index contributed by atoms with van der Waals surface area (Å²) in [5.74, 6) is -0.739. The van der Waals surface area contributed by atoms with E-state index < -0.39 is 5.79 Å². The molecule has 13 heavy (non-hydrogen) atoms. The maximum absolute atomic E-state index is 6.08. The van der Waals surface area contributed by atoms with Crippen LogP contribution in [0.3, 0.4) is 0 Å². The lowest BCUT2D eigenvalue weighted by atomic mass is 10.3. The molecule has 1 fully saturated rings. The van der Waals surface area contributed by atoms with Crippen LogP contribution in [0, 0.1) is 0 Å². The first kappa shape index (κ1) is 11.2. The molecule has 0 radical (unpaired) electrons. The number of thiol groups is 1. The fourth-order valence-corrected chi connectivity index (χ4v) is 1.73. The van der Waals surface area contributed by atoms with Crippen LogP contribution in [0.2, 0.25) is 0 Å². The summed E-state index contributed by atoms with van der Waals surface area (Å²) >= 11 is 4.28. The zero-order chi connectivity index (χ0) is 9.90. The third-order valence-corrected chi connectivity index (χ3v) is 2.71. The van der Waals surface area contributed by atoms with E-state index in [0.717, 1.165) is 13.1 Å². The van der Waals surface area contributed by atoms with Gasteiger partial charge in [-0.1, -0.05) is 6.92 Å². The molecular formula is C7H18N4OS. The quantitative estimate of drug-likeness (QED) is 0.350. The second-order valence-electron chi connectivity index (χ2n) is 2.96. The summed E-state index contributed by atoms with van der Waals surface area (Å²) in [5, 5.41) is 4.93. The Morgan fingerprint density at radius 3 is 3.00 bits per heavy atom. The van der Waals surface area contributed by atoms with Gasteiger partial charge < -0.3 is 4.74 Å². The molecule has 2 atom stereocenters. The minimum absolute atomic E-state index is 0.328. The van der Waals surface area contributed by atoms with Crippen LogP contribution in [0.1, 0.15) is 6.92 Å². The van der Waals surface area contributed by atoms with Gasteiger partial charge in [-0.3, -0.25) is 16.5 Å². The van der Waals surface area contributed by atoms with Gasteiger partial charge in [0.2, 0.25) is 0 Å². The molecular weight excluding hydrogens is 188 g/mol. The van der Waals surface area contributed by atoms with E-state index >= 15 is 0 Å². The summed E-state index contributed by atoms with van der Waals surface area (Å²) in [6.07, 6.45) is 0. The number of likely N-dealkylation sites (N-methyl/N-ethyl adjacent to an activating group) is 1. The van der Waals surface area contributed by atoms with Crippen LogP contribution in [0.15, 0.2) is 0 Å². The van der Waals surface area contributed by atoms with Crippen molar-refractivity contribution in [1.29, 1.82) is 0 Å². The smallest absolute Gasteiger partial charge is 0.172 e. The molecule has 0 aromatic rings. The Bertz CT molecular complexity index is 169. The zero-order valence-corrected chi connectivity index (χ0v) is 8.97. The molecule has 0 spiro atoms. The molecule has 1 saturated heterocycles. The first-order chi connectivity index (χ1) is 6.15. The highest BCUT2D eigenvalue weighted by Crippen LogP contribution is 2.19. The minimum atomic E-state index is -0.739. The van der Waals surface area contributed by atoms with E-state index in [1.165, 1.54) is 0 Å². The van der Waals surface area contributed by atoms with E-state index in [1.54, 1.807) is 7.05 Å². The van der Waals surface area contributed by atoms with Gasteiger partial charge in [-0.15, -0.1) is 12.6 Å². The fourth-order valence-electron chi connectivity index (χ4n) is 1.36. The minimum Gasteiger partial charge on any atom is -0.362 e. The molecule has 2 unspecified atom stereocenters. The summed E-state index contributed by atoms with van der Waals surface area (Å²) < 4.78 is 5.36.